The lowest BCUT2D eigenvalue weighted by atomic mass is 10.2. The van der Waals surface area contributed by atoms with Crippen molar-refractivity contribution in [1.29, 1.82) is 0 Å². The molecule has 0 saturated carbocycles. The number of halogens is 1. The number of carbonyl (C=O) groups is 1. The van der Waals surface area contributed by atoms with E-state index in [0.717, 1.165) is 10.0 Å². The predicted molar refractivity (Wildman–Crippen MR) is 68.4 cm³/mol. The summed E-state index contributed by atoms with van der Waals surface area (Å²) in [6.45, 7) is 1.00. The molecule has 4 nitrogen and oxygen atoms in total. The van der Waals surface area contributed by atoms with E-state index in [-0.39, 0.29) is 11.9 Å². The first-order valence-electron chi connectivity index (χ1n) is 5.59. The number of rotatable bonds is 3. The number of benzene rings is 1. The first kappa shape index (κ1) is 12.5. The summed E-state index contributed by atoms with van der Waals surface area (Å²) in [7, 11) is 0. The molecule has 1 aromatic carbocycles. The quantitative estimate of drug-likeness (QED) is 0.773. The summed E-state index contributed by atoms with van der Waals surface area (Å²) in [6, 6.07) is 7.54. The van der Waals surface area contributed by atoms with Crippen molar-refractivity contribution in [3.05, 3.63) is 34.3 Å². The Morgan fingerprint density at radius 2 is 2.41 bits per heavy atom. The van der Waals surface area contributed by atoms with Gasteiger partial charge in [0.25, 0.3) is 0 Å². The van der Waals surface area contributed by atoms with E-state index in [4.69, 9.17) is 0 Å². The molecule has 0 aromatic heterocycles. The number of β-amino-alcohol motifs (C(OH)–C–C–N with tert-alkyl or cyclic N) is 1. The number of hydrogen-bond acceptors (Lipinski definition) is 3. The van der Waals surface area contributed by atoms with E-state index >= 15 is 0 Å². The lowest BCUT2D eigenvalue weighted by molar-refractivity contribution is -0.123. The maximum absolute atomic E-state index is 11.8. The SMILES string of the molecule is O=C(NCc1cccc(Br)c1)C1CC(O)CN1. The first-order chi connectivity index (χ1) is 8.15. The van der Waals surface area contributed by atoms with Crippen LogP contribution >= 0.6 is 15.9 Å². The monoisotopic (exact) mass is 298 g/mol. The van der Waals surface area contributed by atoms with Crippen LogP contribution in [0.2, 0.25) is 0 Å². The van der Waals surface area contributed by atoms with Crippen LogP contribution in [0.1, 0.15) is 12.0 Å². The van der Waals surface area contributed by atoms with Crippen LogP contribution in [0.25, 0.3) is 0 Å². The van der Waals surface area contributed by atoms with Crippen molar-refractivity contribution in [2.45, 2.75) is 25.1 Å². The third kappa shape index (κ3) is 3.52. The van der Waals surface area contributed by atoms with Gasteiger partial charge in [0.15, 0.2) is 0 Å². The zero-order chi connectivity index (χ0) is 12.3. The minimum absolute atomic E-state index is 0.0541. The third-order valence-corrected chi connectivity index (χ3v) is 3.27. The number of carbonyl (C=O) groups excluding carboxylic acids is 1. The van der Waals surface area contributed by atoms with Gasteiger partial charge in [0, 0.05) is 17.6 Å². The normalized spacial score (nSPS) is 23.6. The minimum atomic E-state index is -0.406. The van der Waals surface area contributed by atoms with E-state index in [1.54, 1.807) is 0 Å². The first-order valence-corrected chi connectivity index (χ1v) is 6.38. The summed E-state index contributed by atoms with van der Waals surface area (Å²) in [5.74, 6) is -0.0541. The Balaban J connectivity index is 1.84. The molecule has 17 heavy (non-hydrogen) atoms. The summed E-state index contributed by atoms with van der Waals surface area (Å²) in [5, 5.41) is 15.2. The number of hydrogen-bond donors (Lipinski definition) is 3. The van der Waals surface area contributed by atoms with Gasteiger partial charge in [-0.05, 0) is 24.1 Å². The summed E-state index contributed by atoms with van der Waals surface area (Å²) in [6.07, 6.45) is 0.0845. The number of aliphatic hydroxyl groups is 1. The lowest BCUT2D eigenvalue weighted by Crippen LogP contribution is -2.39. The van der Waals surface area contributed by atoms with Gasteiger partial charge in [0.1, 0.15) is 0 Å². The Bertz CT molecular complexity index is 411. The van der Waals surface area contributed by atoms with E-state index in [1.807, 2.05) is 24.3 Å². The average Bonchev–Trinajstić information content (AvgIpc) is 2.73. The summed E-state index contributed by atoms with van der Waals surface area (Å²) in [5.41, 5.74) is 1.05. The fourth-order valence-corrected chi connectivity index (χ4v) is 2.32. The van der Waals surface area contributed by atoms with Gasteiger partial charge in [0.05, 0.1) is 12.1 Å². The van der Waals surface area contributed by atoms with Gasteiger partial charge in [-0.2, -0.15) is 0 Å². The molecule has 5 heteroatoms. The van der Waals surface area contributed by atoms with Crippen LogP contribution in [0.3, 0.4) is 0 Å². The molecule has 0 bridgehead atoms. The van der Waals surface area contributed by atoms with E-state index < -0.39 is 6.10 Å². The second kappa shape index (κ2) is 5.62. The van der Waals surface area contributed by atoms with Crippen LogP contribution in [-0.4, -0.2) is 29.7 Å². The fourth-order valence-electron chi connectivity index (χ4n) is 1.88. The highest BCUT2D eigenvalue weighted by atomic mass is 79.9. The fraction of sp³-hybridized carbons (Fsp3) is 0.417. The Morgan fingerprint density at radius 1 is 1.59 bits per heavy atom. The van der Waals surface area contributed by atoms with Crippen LogP contribution in [-0.2, 0) is 11.3 Å². The molecule has 92 valence electrons. The van der Waals surface area contributed by atoms with Crippen molar-refractivity contribution >= 4 is 21.8 Å². The molecule has 0 radical (unpaired) electrons. The van der Waals surface area contributed by atoms with Gasteiger partial charge < -0.3 is 15.7 Å². The molecular formula is C12H15BrN2O2. The van der Waals surface area contributed by atoms with Crippen molar-refractivity contribution in [2.24, 2.45) is 0 Å². The number of aliphatic hydroxyl groups excluding tert-OH is 1. The van der Waals surface area contributed by atoms with Crippen molar-refractivity contribution < 1.29 is 9.90 Å². The lowest BCUT2D eigenvalue weighted by Gasteiger charge is -2.11. The van der Waals surface area contributed by atoms with Crippen LogP contribution in [0.5, 0.6) is 0 Å². The summed E-state index contributed by atoms with van der Waals surface area (Å²) in [4.78, 5) is 11.8. The molecule has 1 saturated heterocycles. The zero-order valence-corrected chi connectivity index (χ0v) is 10.9. The molecule has 1 aliphatic heterocycles. The van der Waals surface area contributed by atoms with Gasteiger partial charge in [-0.1, -0.05) is 28.1 Å². The number of nitrogens with one attached hydrogen (secondary N) is 2. The molecular weight excluding hydrogens is 284 g/mol. The summed E-state index contributed by atoms with van der Waals surface area (Å²) >= 11 is 3.39. The van der Waals surface area contributed by atoms with Crippen LogP contribution in [0, 0.1) is 0 Å². The standard InChI is InChI=1S/C12H15BrN2O2/c13-9-3-1-2-8(4-9)6-15-12(17)11-5-10(16)7-14-11/h1-4,10-11,14,16H,5-7H2,(H,15,17). The largest absolute Gasteiger partial charge is 0.392 e. The second-order valence-electron chi connectivity index (χ2n) is 4.20. The van der Waals surface area contributed by atoms with Crippen molar-refractivity contribution in [1.82, 2.24) is 10.6 Å². The van der Waals surface area contributed by atoms with Gasteiger partial charge in [-0.25, -0.2) is 0 Å². The molecule has 3 N–H and O–H groups in total. The van der Waals surface area contributed by atoms with Crippen LogP contribution in [0.4, 0.5) is 0 Å². The van der Waals surface area contributed by atoms with Gasteiger partial charge in [-0.15, -0.1) is 0 Å². The molecule has 0 aliphatic carbocycles. The van der Waals surface area contributed by atoms with Crippen LogP contribution in [0.15, 0.2) is 28.7 Å². The minimum Gasteiger partial charge on any atom is -0.392 e. The van der Waals surface area contributed by atoms with Crippen LogP contribution < -0.4 is 10.6 Å². The Kier molecular flexibility index (Phi) is 4.15. The molecule has 0 spiro atoms. The summed E-state index contributed by atoms with van der Waals surface area (Å²) < 4.78 is 0.999. The molecule has 2 rings (SSSR count). The number of amides is 1. The molecule has 1 aromatic rings. The smallest absolute Gasteiger partial charge is 0.237 e. The molecule has 2 atom stereocenters. The average molecular weight is 299 g/mol. The Labute approximate surface area is 109 Å². The van der Waals surface area contributed by atoms with Gasteiger partial charge in [0.2, 0.25) is 5.91 Å². The second-order valence-corrected chi connectivity index (χ2v) is 5.11. The molecule has 2 unspecified atom stereocenters. The van der Waals surface area contributed by atoms with Gasteiger partial charge in [-0.3, -0.25) is 4.79 Å². The maximum Gasteiger partial charge on any atom is 0.237 e. The highest BCUT2D eigenvalue weighted by Gasteiger charge is 2.27. The van der Waals surface area contributed by atoms with E-state index in [0.29, 0.717) is 19.5 Å². The Hall–Kier alpha value is -0.910. The zero-order valence-electron chi connectivity index (χ0n) is 9.32. The predicted octanol–water partition coefficient (Wildman–Crippen LogP) is 0.788. The van der Waals surface area contributed by atoms with Crippen molar-refractivity contribution in [3.63, 3.8) is 0 Å². The van der Waals surface area contributed by atoms with E-state index in [1.165, 1.54) is 0 Å². The highest BCUT2D eigenvalue weighted by Crippen LogP contribution is 2.12. The highest BCUT2D eigenvalue weighted by molar-refractivity contribution is 9.10. The van der Waals surface area contributed by atoms with Crippen molar-refractivity contribution in [2.75, 3.05) is 6.54 Å². The van der Waals surface area contributed by atoms with Gasteiger partial charge >= 0.3 is 0 Å². The van der Waals surface area contributed by atoms with Crippen molar-refractivity contribution in [3.8, 4) is 0 Å². The van der Waals surface area contributed by atoms with E-state index in [2.05, 4.69) is 26.6 Å². The molecule has 1 amide bonds. The topological polar surface area (TPSA) is 61.4 Å². The Morgan fingerprint density at radius 3 is 3.06 bits per heavy atom. The van der Waals surface area contributed by atoms with E-state index in [9.17, 15) is 9.90 Å². The maximum atomic E-state index is 11.8. The molecule has 1 aliphatic rings. The molecule has 1 heterocycles. The third-order valence-electron chi connectivity index (χ3n) is 2.78. The molecule has 1 fully saturated rings.